The zero-order valence-electron chi connectivity index (χ0n) is 11.3. The van der Waals surface area contributed by atoms with Crippen molar-refractivity contribution in [2.45, 2.75) is 26.4 Å². The van der Waals surface area contributed by atoms with Crippen molar-refractivity contribution in [3.63, 3.8) is 0 Å². The van der Waals surface area contributed by atoms with Gasteiger partial charge in [-0.2, -0.15) is 0 Å². The summed E-state index contributed by atoms with van der Waals surface area (Å²) in [5, 5.41) is 0.117. The summed E-state index contributed by atoms with van der Waals surface area (Å²) in [6.07, 6.45) is 0. The normalized spacial score (nSPS) is 10.9. The predicted octanol–water partition coefficient (Wildman–Crippen LogP) is 5.94. The van der Waals surface area contributed by atoms with Gasteiger partial charge in [-0.15, -0.1) is 0 Å². The second kappa shape index (κ2) is 6.59. The highest BCUT2D eigenvalue weighted by atomic mass is 79.9. The lowest BCUT2D eigenvalue weighted by Gasteiger charge is -2.14. The minimum atomic E-state index is -0.415. The molecule has 0 saturated carbocycles. The predicted molar refractivity (Wildman–Crippen MR) is 84.0 cm³/mol. The van der Waals surface area contributed by atoms with Crippen LogP contribution in [0.4, 0.5) is 4.39 Å². The maximum Gasteiger partial charge on any atom is 0.141 e. The number of hydrogen-bond acceptors (Lipinski definition) is 1. The molecule has 0 fully saturated rings. The van der Waals surface area contributed by atoms with Crippen molar-refractivity contribution in [3.05, 3.63) is 62.8 Å². The van der Waals surface area contributed by atoms with E-state index in [9.17, 15) is 4.39 Å². The lowest BCUT2D eigenvalue weighted by Crippen LogP contribution is -2.00. The van der Waals surface area contributed by atoms with E-state index in [4.69, 9.17) is 16.3 Å². The molecule has 0 aliphatic rings. The van der Waals surface area contributed by atoms with Gasteiger partial charge in [0, 0.05) is 4.47 Å². The molecule has 20 heavy (non-hydrogen) atoms. The van der Waals surface area contributed by atoms with Crippen molar-refractivity contribution >= 4 is 27.5 Å². The van der Waals surface area contributed by atoms with Gasteiger partial charge < -0.3 is 4.74 Å². The highest BCUT2D eigenvalue weighted by molar-refractivity contribution is 9.10. The van der Waals surface area contributed by atoms with Gasteiger partial charge >= 0.3 is 0 Å². The molecule has 2 aromatic rings. The Morgan fingerprint density at radius 1 is 1.20 bits per heavy atom. The molecule has 0 radical (unpaired) electrons. The molecule has 2 aromatic carbocycles. The van der Waals surface area contributed by atoms with Crippen LogP contribution in [0.3, 0.4) is 0 Å². The third kappa shape index (κ3) is 3.74. The summed E-state index contributed by atoms with van der Waals surface area (Å²) in [5.41, 5.74) is 1.97. The Hall–Kier alpha value is -1.06. The Balaban J connectivity index is 2.16. The zero-order valence-corrected chi connectivity index (χ0v) is 13.6. The second-order valence-electron chi connectivity index (χ2n) is 4.87. The van der Waals surface area contributed by atoms with Crippen LogP contribution in [0.5, 0.6) is 5.75 Å². The zero-order chi connectivity index (χ0) is 14.7. The van der Waals surface area contributed by atoms with Crippen LogP contribution >= 0.6 is 27.5 Å². The molecule has 0 heterocycles. The van der Waals surface area contributed by atoms with E-state index in [0.717, 1.165) is 21.3 Å². The molecule has 0 aliphatic heterocycles. The summed E-state index contributed by atoms with van der Waals surface area (Å²) in [4.78, 5) is 0. The first-order valence-corrected chi connectivity index (χ1v) is 7.50. The van der Waals surface area contributed by atoms with E-state index >= 15 is 0 Å². The largest absolute Gasteiger partial charge is 0.489 e. The van der Waals surface area contributed by atoms with Crippen molar-refractivity contribution < 1.29 is 9.13 Å². The van der Waals surface area contributed by atoms with Crippen LogP contribution in [0.1, 0.15) is 30.9 Å². The van der Waals surface area contributed by atoms with E-state index in [-0.39, 0.29) is 5.02 Å². The van der Waals surface area contributed by atoms with Crippen LogP contribution in [0, 0.1) is 5.82 Å². The second-order valence-corrected chi connectivity index (χ2v) is 6.20. The van der Waals surface area contributed by atoms with Crippen molar-refractivity contribution in [1.29, 1.82) is 0 Å². The summed E-state index contributed by atoms with van der Waals surface area (Å²) in [7, 11) is 0. The fourth-order valence-electron chi connectivity index (χ4n) is 1.89. The van der Waals surface area contributed by atoms with Crippen LogP contribution in [-0.4, -0.2) is 0 Å². The Morgan fingerprint density at radius 2 is 1.95 bits per heavy atom. The molecule has 0 saturated heterocycles. The number of ether oxygens (including phenoxy) is 1. The van der Waals surface area contributed by atoms with Crippen molar-refractivity contribution in [1.82, 2.24) is 0 Å². The molecule has 0 N–H and O–H groups in total. The smallest absolute Gasteiger partial charge is 0.141 e. The molecule has 106 valence electrons. The SMILES string of the molecule is CC(C)c1cc(Br)ccc1OCc1ccc(F)c(Cl)c1. The summed E-state index contributed by atoms with van der Waals surface area (Å²) in [6, 6.07) is 10.5. The molecule has 0 bridgehead atoms. The summed E-state index contributed by atoms with van der Waals surface area (Å²) < 4.78 is 20.0. The maximum atomic E-state index is 13.1. The monoisotopic (exact) mass is 356 g/mol. The number of hydrogen-bond donors (Lipinski definition) is 0. The quantitative estimate of drug-likeness (QED) is 0.657. The van der Waals surface area contributed by atoms with E-state index in [0.29, 0.717) is 12.5 Å². The molecule has 0 atom stereocenters. The van der Waals surface area contributed by atoms with Gasteiger partial charge in [0.15, 0.2) is 0 Å². The van der Waals surface area contributed by atoms with Gasteiger partial charge in [-0.25, -0.2) is 4.39 Å². The van der Waals surface area contributed by atoms with Gasteiger partial charge in [0.25, 0.3) is 0 Å². The first kappa shape index (κ1) is 15.3. The molecule has 0 aromatic heterocycles. The highest BCUT2D eigenvalue weighted by Crippen LogP contribution is 2.30. The summed E-state index contributed by atoms with van der Waals surface area (Å²) in [6.45, 7) is 4.59. The Bertz CT molecular complexity index is 613. The number of rotatable bonds is 4. The number of benzene rings is 2. The molecule has 0 spiro atoms. The molecule has 0 amide bonds. The molecule has 0 unspecified atom stereocenters. The minimum absolute atomic E-state index is 0.117. The minimum Gasteiger partial charge on any atom is -0.489 e. The van der Waals surface area contributed by atoms with Crippen LogP contribution in [0.15, 0.2) is 40.9 Å². The molecule has 4 heteroatoms. The van der Waals surface area contributed by atoms with E-state index in [1.807, 2.05) is 12.1 Å². The lowest BCUT2D eigenvalue weighted by molar-refractivity contribution is 0.301. The molecule has 2 rings (SSSR count). The van der Waals surface area contributed by atoms with Crippen molar-refractivity contribution in [3.8, 4) is 5.75 Å². The topological polar surface area (TPSA) is 9.23 Å². The fourth-order valence-corrected chi connectivity index (χ4v) is 2.47. The lowest BCUT2D eigenvalue weighted by atomic mass is 10.0. The summed E-state index contributed by atoms with van der Waals surface area (Å²) >= 11 is 9.22. The van der Waals surface area contributed by atoms with Crippen LogP contribution in [0.2, 0.25) is 5.02 Å². The first-order chi connectivity index (χ1) is 9.47. The van der Waals surface area contributed by atoms with Crippen molar-refractivity contribution in [2.24, 2.45) is 0 Å². The van der Waals surface area contributed by atoms with Gasteiger partial charge in [0.1, 0.15) is 18.2 Å². The van der Waals surface area contributed by atoms with Gasteiger partial charge in [-0.1, -0.05) is 47.4 Å². The van der Waals surface area contributed by atoms with Gasteiger partial charge in [-0.05, 0) is 47.4 Å². The fraction of sp³-hybridized carbons (Fsp3) is 0.250. The molecule has 1 nitrogen and oxygen atoms in total. The average Bonchev–Trinajstić information content (AvgIpc) is 2.41. The van der Waals surface area contributed by atoms with E-state index in [2.05, 4.69) is 35.8 Å². The van der Waals surface area contributed by atoms with Crippen molar-refractivity contribution in [2.75, 3.05) is 0 Å². The Morgan fingerprint density at radius 3 is 2.60 bits per heavy atom. The Labute approximate surface area is 131 Å². The van der Waals surface area contributed by atoms with Gasteiger partial charge in [-0.3, -0.25) is 0 Å². The molecular formula is C16H15BrClFO. The standard InChI is InChI=1S/C16H15BrClFO/c1-10(2)13-8-12(17)4-6-16(13)20-9-11-3-5-15(19)14(18)7-11/h3-8,10H,9H2,1-2H3. The summed E-state index contributed by atoms with van der Waals surface area (Å²) in [5.74, 6) is 0.782. The molecule has 0 aliphatic carbocycles. The van der Waals surface area contributed by atoms with Gasteiger partial charge in [0.05, 0.1) is 5.02 Å². The average molecular weight is 358 g/mol. The number of halogens is 3. The van der Waals surface area contributed by atoms with Crippen LogP contribution in [-0.2, 0) is 6.61 Å². The third-order valence-electron chi connectivity index (χ3n) is 2.97. The first-order valence-electron chi connectivity index (χ1n) is 6.33. The van der Waals surface area contributed by atoms with Crippen LogP contribution in [0.25, 0.3) is 0 Å². The van der Waals surface area contributed by atoms with Gasteiger partial charge in [0.2, 0.25) is 0 Å². The van der Waals surface area contributed by atoms with E-state index in [1.54, 1.807) is 12.1 Å². The van der Waals surface area contributed by atoms with E-state index in [1.165, 1.54) is 6.07 Å². The van der Waals surface area contributed by atoms with E-state index < -0.39 is 5.82 Å². The third-order valence-corrected chi connectivity index (χ3v) is 3.76. The highest BCUT2D eigenvalue weighted by Gasteiger charge is 2.09. The maximum absolute atomic E-state index is 13.1. The van der Waals surface area contributed by atoms with Crippen LogP contribution < -0.4 is 4.74 Å². The molecular weight excluding hydrogens is 343 g/mol. The Kier molecular flexibility index (Phi) is 5.06.